The van der Waals surface area contributed by atoms with E-state index in [1.165, 1.54) is 4.31 Å². The molecule has 1 aliphatic heterocycles. The Hall–Kier alpha value is -2.67. The summed E-state index contributed by atoms with van der Waals surface area (Å²) in [4.78, 5) is 24.3. The van der Waals surface area contributed by atoms with E-state index in [9.17, 15) is 18.0 Å². The van der Waals surface area contributed by atoms with E-state index in [-0.39, 0.29) is 30.3 Å². The average molecular weight is 386 g/mol. The molecule has 27 heavy (non-hydrogen) atoms. The van der Waals surface area contributed by atoms with Crippen LogP contribution in [0, 0.1) is 6.92 Å². The van der Waals surface area contributed by atoms with Gasteiger partial charge in [-0.3, -0.25) is 13.9 Å². The number of amides is 1. The zero-order valence-electron chi connectivity index (χ0n) is 15.1. The van der Waals surface area contributed by atoms with Crippen molar-refractivity contribution in [3.8, 4) is 0 Å². The van der Waals surface area contributed by atoms with Gasteiger partial charge in [0.2, 0.25) is 15.9 Å². The molecular formula is C20H22N2O4S. The second-order valence-corrected chi connectivity index (χ2v) is 8.59. The first kappa shape index (κ1) is 19.1. The van der Waals surface area contributed by atoms with Gasteiger partial charge in [-0.25, -0.2) is 8.42 Å². The molecule has 0 radical (unpaired) electrons. The van der Waals surface area contributed by atoms with Gasteiger partial charge in [-0.15, -0.1) is 0 Å². The Kier molecular flexibility index (Phi) is 5.60. The summed E-state index contributed by atoms with van der Waals surface area (Å²) in [5.41, 5.74) is 2.71. The molecule has 0 spiro atoms. The molecule has 1 amide bonds. The standard InChI is InChI=1S/C20H22N2O4S/c1-15-5-2-3-6-18(15)19(23)11-12-20(24)21-16-7-9-17(10-8-16)22-13-4-14-27(22,25)26/h2-3,5-10H,4,11-14H2,1H3,(H,21,24). The first-order valence-electron chi connectivity index (χ1n) is 8.86. The summed E-state index contributed by atoms with van der Waals surface area (Å²) in [5.74, 6) is -0.142. The molecule has 0 aliphatic carbocycles. The highest BCUT2D eigenvalue weighted by Gasteiger charge is 2.28. The zero-order valence-corrected chi connectivity index (χ0v) is 16.0. The molecule has 1 saturated heterocycles. The number of nitrogens with zero attached hydrogens (tertiary/aromatic N) is 1. The molecule has 0 atom stereocenters. The second-order valence-electron chi connectivity index (χ2n) is 6.57. The molecule has 1 N–H and O–H groups in total. The van der Waals surface area contributed by atoms with Crippen LogP contribution in [0.25, 0.3) is 0 Å². The number of benzene rings is 2. The SMILES string of the molecule is Cc1ccccc1C(=O)CCC(=O)Nc1ccc(N2CCCS2(=O)=O)cc1. The fourth-order valence-electron chi connectivity index (χ4n) is 3.11. The number of ketones is 1. The molecule has 1 aliphatic rings. The number of anilines is 2. The molecule has 142 valence electrons. The van der Waals surface area contributed by atoms with E-state index in [4.69, 9.17) is 0 Å². The minimum atomic E-state index is -3.22. The number of carbonyl (C=O) groups excluding carboxylic acids is 2. The van der Waals surface area contributed by atoms with Crippen molar-refractivity contribution in [1.82, 2.24) is 0 Å². The maximum Gasteiger partial charge on any atom is 0.235 e. The van der Waals surface area contributed by atoms with E-state index in [1.54, 1.807) is 30.3 Å². The molecule has 2 aromatic rings. The van der Waals surface area contributed by atoms with Crippen LogP contribution in [-0.4, -0.2) is 32.4 Å². The van der Waals surface area contributed by atoms with E-state index < -0.39 is 10.0 Å². The number of aryl methyl sites for hydroxylation is 1. The summed E-state index contributed by atoms with van der Waals surface area (Å²) in [5, 5.41) is 2.74. The molecule has 3 rings (SSSR count). The number of carbonyl (C=O) groups is 2. The van der Waals surface area contributed by atoms with Crippen LogP contribution in [-0.2, 0) is 14.8 Å². The van der Waals surface area contributed by atoms with Crippen molar-refractivity contribution < 1.29 is 18.0 Å². The Morgan fingerprint density at radius 2 is 1.74 bits per heavy atom. The average Bonchev–Trinajstić information content (AvgIpc) is 3.00. The largest absolute Gasteiger partial charge is 0.326 e. The van der Waals surface area contributed by atoms with E-state index >= 15 is 0 Å². The Morgan fingerprint density at radius 1 is 1.04 bits per heavy atom. The fraction of sp³-hybridized carbons (Fsp3) is 0.300. The normalized spacial score (nSPS) is 15.5. The van der Waals surface area contributed by atoms with Crippen LogP contribution in [0.4, 0.5) is 11.4 Å². The maximum absolute atomic E-state index is 12.2. The summed E-state index contributed by atoms with van der Waals surface area (Å²) in [6.45, 7) is 2.35. The van der Waals surface area contributed by atoms with Crippen LogP contribution in [0.15, 0.2) is 48.5 Å². The van der Waals surface area contributed by atoms with Gasteiger partial charge >= 0.3 is 0 Å². The van der Waals surface area contributed by atoms with Gasteiger partial charge in [-0.1, -0.05) is 24.3 Å². The second kappa shape index (κ2) is 7.92. The number of hydrogen-bond acceptors (Lipinski definition) is 4. The van der Waals surface area contributed by atoms with Gasteiger partial charge in [0.1, 0.15) is 0 Å². The zero-order chi connectivity index (χ0) is 19.4. The Morgan fingerprint density at radius 3 is 2.37 bits per heavy atom. The maximum atomic E-state index is 12.2. The summed E-state index contributed by atoms with van der Waals surface area (Å²) in [6, 6.07) is 14.0. The highest BCUT2D eigenvalue weighted by Crippen LogP contribution is 2.25. The molecule has 0 aromatic heterocycles. The van der Waals surface area contributed by atoms with Crippen molar-refractivity contribution in [2.75, 3.05) is 21.9 Å². The lowest BCUT2D eigenvalue weighted by atomic mass is 10.0. The molecule has 0 unspecified atom stereocenters. The Labute approximate surface area is 159 Å². The first-order chi connectivity index (χ1) is 12.9. The van der Waals surface area contributed by atoms with Gasteiger partial charge in [-0.05, 0) is 43.2 Å². The first-order valence-corrected chi connectivity index (χ1v) is 10.5. The number of nitrogens with one attached hydrogen (secondary N) is 1. The lowest BCUT2D eigenvalue weighted by Gasteiger charge is -2.17. The van der Waals surface area contributed by atoms with Crippen molar-refractivity contribution in [1.29, 1.82) is 0 Å². The summed E-state index contributed by atoms with van der Waals surface area (Å²) in [7, 11) is -3.22. The van der Waals surface area contributed by atoms with E-state index in [1.807, 2.05) is 25.1 Å². The van der Waals surface area contributed by atoms with Crippen LogP contribution in [0.3, 0.4) is 0 Å². The van der Waals surface area contributed by atoms with Gasteiger partial charge in [0, 0.05) is 30.6 Å². The number of rotatable bonds is 6. The molecular weight excluding hydrogens is 364 g/mol. The summed E-state index contributed by atoms with van der Waals surface area (Å²) >= 11 is 0. The monoisotopic (exact) mass is 386 g/mol. The third-order valence-electron chi connectivity index (χ3n) is 4.56. The molecule has 6 nitrogen and oxygen atoms in total. The molecule has 1 heterocycles. The summed E-state index contributed by atoms with van der Waals surface area (Å²) < 4.78 is 25.3. The number of hydrogen-bond donors (Lipinski definition) is 1. The molecule has 1 fully saturated rings. The van der Waals surface area contributed by atoms with Crippen molar-refractivity contribution >= 4 is 33.1 Å². The van der Waals surface area contributed by atoms with Crippen LogP contribution in [0.5, 0.6) is 0 Å². The van der Waals surface area contributed by atoms with Crippen LogP contribution >= 0.6 is 0 Å². The third-order valence-corrected chi connectivity index (χ3v) is 6.43. The molecule has 2 aromatic carbocycles. The van der Waals surface area contributed by atoms with Crippen molar-refractivity contribution in [3.05, 3.63) is 59.7 Å². The van der Waals surface area contributed by atoms with Gasteiger partial charge in [-0.2, -0.15) is 0 Å². The Bertz CT molecular complexity index is 952. The van der Waals surface area contributed by atoms with Gasteiger partial charge in [0.25, 0.3) is 0 Å². The minimum Gasteiger partial charge on any atom is -0.326 e. The van der Waals surface area contributed by atoms with E-state index in [0.29, 0.717) is 29.9 Å². The minimum absolute atomic E-state index is 0.0576. The smallest absolute Gasteiger partial charge is 0.235 e. The van der Waals surface area contributed by atoms with Gasteiger partial charge < -0.3 is 5.32 Å². The Balaban J connectivity index is 1.55. The molecule has 0 bridgehead atoms. The van der Waals surface area contributed by atoms with Crippen LogP contribution < -0.4 is 9.62 Å². The fourth-order valence-corrected chi connectivity index (χ4v) is 4.68. The van der Waals surface area contributed by atoms with Crippen LogP contribution in [0.2, 0.25) is 0 Å². The van der Waals surface area contributed by atoms with E-state index in [2.05, 4.69) is 5.32 Å². The lowest BCUT2D eigenvalue weighted by molar-refractivity contribution is -0.116. The molecule has 0 saturated carbocycles. The number of sulfonamides is 1. The quantitative estimate of drug-likeness (QED) is 0.773. The highest BCUT2D eigenvalue weighted by molar-refractivity contribution is 7.93. The third kappa shape index (κ3) is 4.54. The summed E-state index contributed by atoms with van der Waals surface area (Å²) in [6.07, 6.45) is 0.853. The van der Waals surface area contributed by atoms with Crippen molar-refractivity contribution in [2.24, 2.45) is 0 Å². The van der Waals surface area contributed by atoms with Gasteiger partial charge in [0.15, 0.2) is 5.78 Å². The lowest BCUT2D eigenvalue weighted by Crippen LogP contribution is -2.25. The topological polar surface area (TPSA) is 83.6 Å². The van der Waals surface area contributed by atoms with Gasteiger partial charge in [0.05, 0.1) is 11.4 Å². The predicted molar refractivity (Wildman–Crippen MR) is 106 cm³/mol. The predicted octanol–water partition coefficient (Wildman–Crippen LogP) is 3.14. The highest BCUT2D eigenvalue weighted by atomic mass is 32.2. The van der Waals surface area contributed by atoms with Crippen molar-refractivity contribution in [2.45, 2.75) is 26.2 Å². The van der Waals surface area contributed by atoms with E-state index in [0.717, 1.165) is 5.56 Å². The van der Waals surface area contributed by atoms with Crippen molar-refractivity contribution in [3.63, 3.8) is 0 Å². The number of Topliss-reactive ketones (excluding diaryl/α,β-unsaturated/α-hetero) is 1. The molecule has 7 heteroatoms. The van der Waals surface area contributed by atoms with Crippen LogP contribution in [0.1, 0.15) is 35.2 Å².